The minimum absolute atomic E-state index is 0.0379. The summed E-state index contributed by atoms with van der Waals surface area (Å²) in [5.74, 6) is -0.0379. The number of nitrogens with zero attached hydrogens (tertiary/aromatic N) is 3. The number of rotatable bonds is 5. The molecule has 1 aromatic heterocycles. The van der Waals surface area contributed by atoms with E-state index < -0.39 is 17.2 Å². The molecular formula is C19H16N3O3S-. The normalized spacial score (nSPS) is 13.2. The van der Waals surface area contributed by atoms with E-state index in [2.05, 4.69) is 5.10 Å². The van der Waals surface area contributed by atoms with E-state index in [0.29, 0.717) is 5.56 Å². The van der Waals surface area contributed by atoms with Gasteiger partial charge in [0.05, 0.1) is 17.5 Å². The zero-order chi connectivity index (χ0) is 18.7. The van der Waals surface area contributed by atoms with Crippen LogP contribution in [-0.4, -0.2) is 23.6 Å². The summed E-state index contributed by atoms with van der Waals surface area (Å²) < 4.78 is 23.3. The van der Waals surface area contributed by atoms with Gasteiger partial charge in [-0.25, -0.2) is 4.68 Å². The summed E-state index contributed by atoms with van der Waals surface area (Å²) in [5, 5.41) is 23.2. The zero-order valence-electron chi connectivity index (χ0n) is 14.0. The van der Waals surface area contributed by atoms with Crippen LogP contribution in [0.1, 0.15) is 29.8 Å². The molecule has 26 heavy (non-hydrogen) atoms. The minimum Gasteiger partial charge on any atom is -0.772 e. The lowest BCUT2D eigenvalue weighted by molar-refractivity contribution is 0.199. The molecule has 3 aromatic rings. The highest BCUT2D eigenvalue weighted by atomic mass is 32.2. The fraction of sp³-hybridized carbons (Fsp3) is 0.158. The van der Waals surface area contributed by atoms with Crippen LogP contribution in [0.3, 0.4) is 0 Å². The predicted molar refractivity (Wildman–Crippen MR) is 97.0 cm³/mol. The Bertz CT molecular complexity index is 971. The van der Waals surface area contributed by atoms with E-state index in [1.54, 1.807) is 41.9 Å². The molecule has 7 heteroatoms. The first kappa shape index (κ1) is 18.0. The molecule has 0 aliphatic carbocycles. The van der Waals surface area contributed by atoms with E-state index in [9.17, 15) is 19.1 Å². The fourth-order valence-corrected chi connectivity index (χ4v) is 3.10. The van der Waals surface area contributed by atoms with E-state index in [0.717, 1.165) is 22.5 Å². The molecule has 6 nitrogen and oxygen atoms in total. The van der Waals surface area contributed by atoms with Crippen molar-refractivity contribution in [1.29, 1.82) is 5.26 Å². The maximum Gasteiger partial charge on any atom is 0.163 e. The van der Waals surface area contributed by atoms with Gasteiger partial charge in [-0.05, 0) is 30.2 Å². The Balaban J connectivity index is 2.01. The lowest BCUT2D eigenvalue weighted by atomic mass is 10.1. The van der Waals surface area contributed by atoms with Gasteiger partial charge >= 0.3 is 0 Å². The number of aliphatic hydroxyl groups is 1. The Morgan fingerprint density at radius 3 is 2.42 bits per heavy atom. The molecule has 0 spiro atoms. The second-order valence-electron chi connectivity index (χ2n) is 5.85. The van der Waals surface area contributed by atoms with Gasteiger partial charge in [-0.15, -0.1) is 0 Å². The van der Waals surface area contributed by atoms with Gasteiger partial charge in [0.25, 0.3) is 0 Å². The Morgan fingerprint density at radius 1 is 1.23 bits per heavy atom. The molecule has 0 fully saturated rings. The van der Waals surface area contributed by atoms with Gasteiger partial charge in [-0.2, -0.15) is 10.4 Å². The number of hydrogen-bond donors (Lipinski definition) is 1. The third-order valence-electron chi connectivity index (χ3n) is 3.98. The first-order valence-corrected chi connectivity index (χ1v) is 9.16. The summed E-state index contributed by atoms with van der Waals surface area (Å²) >= 11 is -2.14. The van der Waals surface area contributed by atoms with Crippen molar-refractivity contribution in [3.8, 4) is 23.0 Å². The SMILES string of the molecule is CC(O)c1ccc(-n2nc(C#N)cc2-c2ccc(CS(=O)[O-])cc2)cc1. The highest BCUT2D eigenvalue weighted by Gasteiger charge is 2.12. The van der Waals surface area contributed by atoms with Gasteiger partial charge in [-0.3, -0.25) is 4.21 Å². The number of nitriles is 1. The lowest BCUT2D eigenvalue weighted by Crippen LogP contribution is -2.00. The first-order valence-electron chi connectivity index (χ1n) is 7.91. The number of benzene rings is 2. The molecule has 3 rings (SSSR count). The Morgan fingerprint density at radius 2 is 1.88 bits per heavy atom. The van der Waals surface area contributed by atoms with E-state index in [1.807, 2.05) is 30.3 Å². The molecule has 0 saturated carbocycles. The molecule has 0 radical (unpaired) electrons. The van der Waals surface area contributed by atoms with Crippen molar-refractivity contribution in [2.45, 2.75) is 18.8 Å². The average Bonchev–Trinajstić information content (AvgIpc) is 3.06. The van der Waals surface area contributed by atoms with Gasteiger partial charge in [-0.1, -0.05) is 47.5 Å². The second-order valence-corrected chi connectivity index (χ2v) is 6.75. The summed E-state index contributed by atoms with van der Waals surface area (Å²) in [4.78, 5) is 0. The van der Waals surface area contributed by atoms with Crippen molar-refractivity contribution >= 4 is 11.1 Å². The van der Waals surface area contributed by atoms with Crippen LogP contribution in [0.15, 0.2) is 54.6 Å². The summed E-state index contributed by atoms with van der Waals surface area (Å²) in [6.07, 6.45) is -0.560. The van der Waals surface area contributed by atoms with Crippen LogP contribution >= 0.6 is 0 Å². The molecule has 0 aliphatic heterocycles. The van der Waals surface area contributed by atoms with Gasteiger partial charge < -0.3 is 9.66 Å². The molecule has 0 bridgehead atoms. The minimum atomic E-state index is -2.14. The van der Waals surface area contributed by atoms with Crippen LogP contribution in [0.4, 0.5) is 0 Å². The second kappa shape index (κ2) is 7.62. The Labute approximate surface area is 153 Å². The molecule has 2 atom stereocenters. The van der Waals surface area contributed by atoms with Crippen molar-refractivity contribution < 1.29 is 13.9 Å². The van der Waals surface area contributed by atoms with Crippen molar-refractivity contribution in [3.63, 3.8) is 0 Å². The van der Waals surface area contributed by atoms with Gasteiger partial charge in [0.1, 0.15) is 6.07 Å². The highest BCUT2D eigenvalue weighted by molar-refractivity contribution is 7.78. The van der Waals surface area contributed by atoms with Crippen LogP contribution in [0, 0.1) is 11.3 Å². The summed E-state index contributed by atoms with van der Waals surface area (Å²) in [5.41, 5.74) is 4.06. The maximum absolute atomic E-state index is 10.8. The molecule has 2 aromatic carbocycles. The first-order chi connectivity index (χ1) is 12.5. The maximum atomic E-state index is 10.8. The molecular weight excluding hydrogens is 350 g/mol. The van der Waals surface area contributed by atoms with E-state index in [1.165, 1.54) is 0 Å². The van der Waals surface area contributed by atoms with Gasteiger partial charge in [0.15, 0.2) is 5.69 Å². The van der Waals surface area contributed by atoms with Gasteiger partial charge in [0.2, 0.25) is 0 Å². The molecule has 1 heterocycles. The Hall–Kier alpha value is -2.79. The van der Waals surface area contributed by atoms with Crippen LogP contribution < -0.4 is 0 Å². The van der Waals surface area contributed by atoms with Crippen molar-refractivity contribution in [2.75, 3.05) is 0 Å². The predicted octanol–water partition coefficient (Wildman–Crippen LogP) is 2.84. The van der Waals surface area contributed by atoms with E-state index in [4.69, 9.17) is 0 Å². The third-order valence-corrected chi connectivity index (χ3v) is 4.55. The number of aromatic nitrogens is 2. The third kappa shape index (κ3) is 3.89. The monoisotopic (exact) mass is 366 g/mol. The van der Waals surface area contributed by atoms with E-state index >= 15 is 0 Å². The smallest absolute Gasteiger partial charge is 0.163 e. The molecule has 0 saturated heterocycles. The summed E-state index contributed by atoms with van der Waals surface area (Å²) in [6, 6.07) is 18.1. The molecule has 2 unspecified atom stereocenters. The van der Waals surface area contributed by atoms with Crippen molar-refractivity contribution in [1.82, 2.24) is 9.78 Å². The van der Waals surface area contributed by atoms with Crippen molar-refractivity contribution in [2.24, 2.45) is 0 Å². The topological polar surface area (TPSA) is 102 Å². The van der Waals surface area contributed by atoms with E-state index in [-0.39, 0.29) is 11.4 Å². The number of hydrogen-bond acceptors (Lipinski definition) is 5. The van der Waals surface area contributed by atoms with Crippen LogP contribution in [0.5, 0.6) is 0 Å². The number of aliphatic hydroxyl groups excluding tert-OH is 1. The van der Waals surface area contributed by atoms with Gasteiger partial charge in [0, 0.05) is 17.4 Å². The quantitative estimate of drug-likeness (QED) is 0.700. The zero-order valence-corrected chi connectivity index (χ0v) is 14.8. The van der Waals surface area contributed by atoms with Crippen LogP contribution in [0.2, 0.25) is 0 Å². The van der Waals surface area contributed by atoms with Crippen LogP contribution in [-0.2, 0) is 16.8 Å². The van der Waals surface area contributed by atoms with Crippen LogP contribution in [0.25, 0.3) is 16.9 Å². The fourth-order valence-electron chi connectivity index (χ4n) is 2.64. The molecule has 0 amide bonds. The molecule has 0 aliphatic rings. The standard InChI is InChI=1S/C19H17N3O3S/c1-13(23)15-6-8-18(9-7-15)22-19(10-17(11-20)21-22)16-4-2-14(3-5-16)12-26(24)25/h2-10,13,23H,12H2,1H3,(H,24,25)/p-1. The highest BCUT2D eigenvalue weighted by Crippen LogP contribution is 2.25. The Kier molecular flexibility index (Phi) is 5.28. The van der Waals surface area contributed by atoms with Crippen molar-refractivity contribution in [3.05, 3.63) is 71.4 Å². The average molecular weight is 366 g/mol. The lowest BCUT2D eigenvalue weighted by Gasteiger charge is -2.10. The summed E-state index contributed by atoms with van der Waals surface area (Å²) in [7, 11) is 0. The molecule has 1 N–H and O–H groups in total. The largest absolute Gasteiger partial charge is 0.772 e. The summed E-state index contributed by atoms with van der Waals surface area (Å²) in [6.45, 7) is 1.69. The molecule has 132 valence electrons.